The van der Waals surface area contributed by atoms with Gasteiger partial charge < -0.3 is 20.5 Å². The van der Waals surface area contributed by atoms with Crippen LogP contribution in [0.25, 0.3) is 0 Å². The molecule has 0 spiro atoms. The van der Waals surface area contributed by atoms with Gasteiger partial charge in [0.25, 0.3) is 0 Å². The van der Waals surface area contributed by atoms with Crippen LogP contribution in [0.15, 0.2) is 0 Å². The molecule has 0 aliphatic rings. The van der Waals surface area contributed by atoms with Crippen molar-refractivity contribution in [3.05, 3.63) is 0 Å². The van der Waals surface area contributed by atoms with Crippen LogP contribution in [-0.2, 0) is 14.3 Å². The van der Waals surface area contributed by atoms with Crippen molar-refractivity contribution in [2.75, 3.05) is 19.8 Å². The largest absolute Gasteiger partial charge is 0.379 e. The number of rotatable bonds is 11. The fourth-order valence-corrected chi connectivity index (χ4v) is 2.06. The second kappa shape index (κ2) is 9.28. The summed E-state index contributed by atoms with van der Waals surface area (Å²) >= 11 is 0. The zero-order valence-electron chi connectivity index (χ0n) is 13.0. The molecular weight excluding hydrogens is 244 g/mol. The van der Waals surface area contributed by atoms with E-state index in [0.29, 0.717) is 19.6 Å². The van der Waals surface area contributed by atoms with E-state index in [2.05, 4.69) is 12.2 Å². The predicted molar refractivity (Wildman–Crippen MR) is 77.0 cm³/mol. The van der Waals surface area contributed by atoms with E-state index in [-0.39, 0.29) is 18.1 Å². The van der Waals surface area contributed by atoms with Gasteiger partial charge in [-0.05, 0) is 34.1 Å². The Kier molecular flexibility index (Phi) is 8.97. The molecule has 5 nitrogen and oxygen atoms in total. The van der Waals surface area contributed by atoms with Crippen molar-refractivity contribution in [2.45, 2.75) is 65.1 Å². The highest BCUT2D eigenvalue weighted by molar-refractivity contribution is 5.84. The van der Waals surface area contributed by atoms with Crippen LogP contribution in [0.4, 0.5) is 0 Å². The Morgan fingerprint density at radius 2 is 1.89 bits per heavy atom. The number of carbonyl (C=O) groups is 1. The van der Waals surface area contributed by atoms with Gasteiger partial charge in [-0.25, -0.2) is 0 Å². The molecule has 2 unspecified atom stereocenters. The molecule has 0 saturated heterocycles. The molecule has 0 aliphatic carbocycles. The summed E-state index contributed by atoms with van der Waals surface area (Å²) in [6.07, 6.45) is 1.51. The molecule has 114 valence electrons. The first-order valence-corrected chi connectivity index (χ1v) is 7.08. The lowest BCUT2D eigenvalue weighted by atomic mass is 9.93. The Morgan fingerprint density at radius 3 is 2.37 bits per heavy atom. The number of amides is 1. The third-order valence-electron chi connectivity index (χ3n) is 2.83. The molecule has 0 bridgehead atoms. The highest BCUT2D eigenvalue weighted by Gasteiger charge is 2.33. The lowest BCUT2D eigenvalue weighted by Crippen LogP contribution is -2.57. The second-order valence-corrected chi connectivity index (χ2v) is 5.49. The first-order valence-electron chi connectivity index (χ1n) is 7.08. The number of primary amides is 1. The maximum absolute atomic E-state index is 11.6. The zero-order chi connectivity index (χ0) is 14.9. The van der Waals surface area contributed by atoms with Gasteiger partial charge in [0, 0.05) is 19.1 Å². The third kappa shape index (κ3) is 8.18. The molecule has 0 aromatic rings. The molecule has 0 saturated carbocycles. The summed E-state index contributed by atoms with van der Waals surface area (Å²) in [7, 11) is 0. The van der Waals surface area contributed by atoms with Crippen LogP contribution >= 0.6 is 0 Å². The van der Waals surface area contributed by atoms with Crippen LogP contribution in [0.2, 0.25) is 0 Å². The number of nitrogens with two attached hydrogens (primary N) is 1. The number of hydrogen-bond acceptors (Lipinski definition) is 4. The highest BCUT2D eigenvalue weighted by Crippen LogP contribution is 2.15. The minimum absolute atomic E-state index is 0.0472. The van der Waals surface area contributed by atoms with E-state index in [1.54, 1.807) is 0 Å². The Morgan fingerprint density at radius 1 is 1.26 bits per heavy atom. The van der Waals surface area contributed by atoms with Crippen LogP contribution < -0.4 is 11.1 Å². The average Bonchev–Trinajstić information content (AvgIpc) is 2.27. The van der Waals surface area contributed by atoms with Gasteiger partial charge in [0.15, 0.2) is 0 Å². The normalized spacial score (nSPS) is 16.3. The second-order valence-electron chi connectivity index (χ2n) is 5.49. The lowest BCUT2D eigenvalue weighted by Gasteiger charge is -2.32. The minimum Gasteiger partial charge on any atom is -0.379 e. The maximum Gasteiger partial charge on any atom is 0.237 e. The molecule has 3 N–H and O–H groups in total. The smallest absolute Gasteiger partial charge is 0.237 e. The predicted octanol–water partition coefficient (Wildman–Crippen LogP) is 1.45. The van der Waals surface area contributed by atoms with E-state index < -0.39 is 5.54 Å². The highest BCUT2D eigenvalue weighted by atomic mass is 16.5. The quantitative estimate of drug-likeness (QED) is 0.559. The van der Waals surface area contributed by atoms with Crippen molar-refractivity contribution in [1.82, 2.24) is 5.32 Å². The van der Waals surface area contributed by atoms with Gasteiger partial charge in [0.2, 0.25) is 5.91 Å². The Balaban J connectivity index is 4.10. The standard InChI is InChI=1S/C14H30N2O3/c1-6-7-18-8-9-19-12(4)10-14(5,13(15)17)16-11(2)3/h11-12,16H,6-10H2,1-5H3,(H2,15,17). The fourth-order valence-electron chi connectivity index (χ4n) is 2.06. The molecule has 5 heteroatoms. The van der Waals surface area contributed by atoms with E-state index in [4.69, 9.17) is 15.2 Å². The SMILES string of the molecule is CCCOCCOC(C)CC(C)(NC(C)C)C(N)=O. The lowest BCUT2D eigenvalue weighted by molar-refractivity contribution is -0.125. The zero-order valence-corrected chi connectivity index (χ0v) is 13.0. The van der Waals surface area contributed by atoms with Gasteiger partial charge in [-0.3, -0.25) is 4.79 Å². The van der Waals surface area contributed by atoms with E-state index >= 15 is 0 Å². The van der Waals surface area contributed by atoms with Gasteiger partial charge in [-0.15, -0.1) is 0 Å². The van der Waals surface area contributed by atoms with Crippen molar-refractivity contribution >= 4 is 5.91 Å². The molecule has 0 rings (SSSR count). The molecule has 19 heavy (non-hydrogen) atoms. The van der Waals surface area contributed by atoms with Crippen LogP contribution in [0.5, 0.6) is 0 Å². The molecule has 0 aliphatic heterocycles. The van der Waals surface area contributed by atoms with Crippen molar-refractivity contribution < 1.29 is 14.3 Å². The molecule has 2 atom stereocenters. The first-order chi connectivity index (χ1) is 8.81. The number of nitrogens with one attached hydrogen (secondary N) is 1. The van der Waals surface area contributed by atoms with Gasteiger partial charge >= 0.3 is 0 Å². The van der Waals surface area contributed by atoms with Crippen LogP contribution in [0.3, 0.4) is 0 Å². The molecule has 1 amide bonds. The summed E-state index contributed by atoms with van der Waals surface area (Å²) in [5.74, 6) is -0.348. The molecule has 0 aromatic heterocycles. The number of carbonyl (C=O) groups excluding carboxylic acids is 1. The summed E-state index contributed by atoms with van der Waals surface area (Å²) in [6, 6.07) is 0.192. The topological polar surface area (TPSA) is 73.6 Å². The number of hydrogen-bond donors (Lipinski definition) is 2. The average molecular weight is 274 g/mol. The van der Waals surface area contributed by atoms with Gasteiger partial charge in [-0.2, -0.15) is 0 Å². The maximum atomic E-state index is 11.6. The van der Waals surface area contributed by atoms with Crippen molar-refractivity contribution in [2.24, 2.45) is 5.73 Å². The summed E-state index contributed by atoms with van der Waals surface area (Å²) in [6.45, 7) is 11.7. The Labute approximate surface area is 117 Å². The van der Waals surface area contributed by atoms with E-state index in [9.17, 15) is 4.79 Å². The molecule has 0 radical (unpaired) electrons. The van der Waals surface area contributed by atoms with Gasteiger partial charge in [0.1, 0.15) is 0 Å². The summed E-state index contributed by atoms with van der Waals surface area (Å²) < 4.78 is 11.0. The van der Waals surface area contributed by atoms with E-state index in [0.717, 1.165) is 13.0 Å². The number of ether oxygens (including phenoxy) is 2. The van der Waals surface area contributed by atoms with Crippen molar-refractivity contribution in [3.8, 4) is 0 Å². The van der Waals surface area contributed by atoms with Crippen LogP contribution in [-0.4, -0.2) is 43.4 Å². The fraction of sp³-hybridized carbons (Fsp3) is 0.929. The van der Waals surface area contributed by atoms with E-state index in [1.165, 1.54) is 0 Å². The molecule has 0 aromatic carbocycles. The van der Waals surface area contributed by atoms with Crippen LogP contribution in [0.1, 0.15) is 47.5 Å². The Hall–Kier alpha value is -0.650. The molecule has 0 heterocycles. The molecular formula is C14H30N2O3. The van der Waals surface area contributed by atoms with Gasteiger partial charge in [-0.1, -0.05) is 6.92 Å². The van der Waals surface area contributed by atoms with E-state index in [1.807, 2.05) is 27.7 Å². The minimum atomic E-state index is -0.738. The first kappa shape index (κ1) is 18.4. The summed E-state index contributed by atoms with van der Waals surface area (Å²) in [5.41, 5.74) is 4.74. The Bertz CT molecular complexity index is 259. The summed E-state index contributed by atoms with van der Waals surface area (Å²) in [4.78, 5) is 11.6. The summed E-state index contributed by atoms with van der Waals surface area (Å²) in [5, 5.41) is 3.21. The van der Waals surface area contributed by atoms with Crippen molar-refractivity contribution in [1.29, 1.82) is 0 Å². The van der Waals surface area contributed by atoms with Crippen molar-refractivity contribution in [3.63, 3.8) is 0 Å². The third-order valence-corrected chi connectivity index (χ3v) is 2.83. The van der Waals surface area contributed by atoms with Gasteiger partial charge in [0.05, 0.1) is 24.9 Å². The van der Waals surface area contributed by atoms with Crippen LogP contribution in [0, 0.1) is 0 Å². The molecule has 0 fully saturated rings. The monoisotopic (exact) mass is 274 g/mol.